The molecular weight excluding hydrogens is 316 g/mol. The van der Waals surface area contributed by atoms with Crippen molar-refractivity contribution in [1.82, 2.24) is 19.7 Å². The van der Waals surface area contributed by atoms with Gasteiger partial charge in [-0.3, -0.25) is 4.79 Å². The van der Waals surface area contributed by atoms with Gasteiger partial charge in [0, 0.05) is 19.2 Å². The fourth-order valence-electron chi connectivity index (χ4n) is 2.73. The first-order chi connectivity index (χ1) is 12.1. The summed E-state index contributed by atoms with van der Waals surface area (Å²) in [6.45, 7) is 4.39. The molecule has 2 aromatic heterocycles. The molecule has 1 amide bonds. The molecule has 1 unspecified atom stereocenters. The SMILES string of the molecule is CCn1ncc2c(C(=O)N(C)C(C)CO)cc(-c3ccccc3)nc21. The third-order valence-corrected chi connectivity index (χ3v) is 4.45. The first-order valence-electron chi connectivity index (χ1n) is 8.36. The zero-order valence-electron chi connectivity index (χ0n) is 14.7. The molecule has 0 bridgehead atoms. The number of aliphatic hydroxyl groups excluding tert-OH is 1. The maximum atomic E-state index is 13.0. The van der Waals surface area contributed by atoms with Crippen molar-refractivity contribution in [3.8, 4) is 11.3 Å². The summed E-state index contributed by atoms with van der Waals surface area (Å²) >= 11 is 0. The van der Waals surface area contributed by atoms with E-state index in [1.165, 1.54) is 0 Å². The molecule has 3 rings (SSSR count). The van der Waals surface area contributed by atoms with Gasteiger partial charge in [0.05, 0.1) is 35.5 Å². The van der Waals surface area contributed by atoms with Crippen LogP contribution in [0.3, 0.4) is 0 Å². The fourth-order valence-corrected chi connectivity index (χ4v) is 2.73. The number of aliphatic hydroxyl groups is 1. The van der Waals surface area contributed by atoms with E-state index < -0.39 is 0 Å². The van der Waals surface area contributed by atoms with Gasteiger partial charge in [-0.1, -0.05) is 30.3 Å². The van der Waals surface area contributed by atoms with Gasteiger partial charge in [0.1, 0.15) is 0 Å². The Bertz CT molecular complexity index is 889. The number of carbonyl (C=O) groups is 1. The number of aryl methyl sites for hydroxylation is 1. The predicted molar refractivity (Wildman–Crippen MR) is 97.3 cm³/mol. The number of benzene rings is 1. The Morgan fingerprint density at radius 1 is 1.32 bits per heavy atom. The lowest BCUT2D eigenvalue weighted by Crippen LogP contribution is -2.37. The van der Waals surface area contributed by atoms with Gasteiger partial charge >= 0.3 is 0 Å². The zero-order valence-corrected chi connectivity index (χ0v) is 14.7. The zero-order chi connectivity index (χ0) is 18.0. The van der Waals surface area contributed by atoms with Gasteiger partial charge in [0.15, 0.2) is 5.65 Å². The van der Waals surface area contributed by atoms with Gasteiger partial charge in [-0.15, -0.1) is 0 Å². The molecule has 0 fully saturated rings. The quantitative estimate of drug-likeness (QED) is 0.776. The van der Waals surface area contributed by atoms with Crippen LogP contribution in [0, 0.1) is 0 Å². The van der Waals surface area contributed by atoms with E-state index in [4.69, 9.17) is 4.98 Å². The maximum absolute atomic E-state index is 13.0. The van der Waals surface area contributed by atoms with E-state index in [0.717, 1.165) is 16.6 Å². The summed E-state index contributed by atoms with van der Waals surface area (Å²) in [5, 5.41) is 14.4. The molecule has 1 N–H and O–H groups in total. The molecule has 3 aromatic rings. The smallest absolute Gasteiger partial charge is 0.254 e. The average molecular weight is 338 g/mol. The lowest BCUT2D eigenvalue weighted by molar-refractivity contribution is 0.0684. The van der Waals surface area contributed by atoms with Crippen molar-refractivity contribution in [1.29, 1.82) is 0 Å². The summed E-state index contributed by atoms with van der Waals surface area (Å²) in [5.41, 5.74) is 2.92. The number of amides is 1. The summed E-state index contributed by atoms with van der Waals surface area (Å²) in [6, 6.07) is 11.3. The van der Waals surface area contributed by atoms with Crippen molar-refractivity contribution in [2.75, 3.05) is 13.7 Å². The molecule has 0 aliphatic rings. The fraction of sp³-hybridized carbons (Fsp3) is 0.316. The molecule has 6 heteroatoms. The van der Waals surface area contributed by atoms with Crippen LogP contribution in [-0.2, 0) is 6.54 Å². The number of hydrogen-bond donors (Lipinski definition) is 1. The number of nitrogens with zero attached hydrogens (tertiary/aromatic N) is 4. The summed E-state index contributed by atoms with van der Waals surface area (Å²) in [7, 11) is 1.70. The van der Waals surface area contributed by atoms with E-state index in [9.17, 15) is 9.90 Å². The van der Waals surface area contributed by atoms with Crippen LogP contribution in [0.2, 0.25) is 0 Å². The predicted octanol–water partition coefficient (Wildman–Crippen LogP) is 2.57. The molecule has 0 saturated heterocycles. The van der Waals surface area contributed by atoms with Crippen molar-refractivity contribution in [3.05, 3.63) is 48.2 Å². The molecule has 0 aliphatic heterocycles. The van der Waals surface area contributed by atoms with E-state index >= 15 is 0 Å². The highest BCUT2D eigenvalue weighted by Crippen LogP contribution is 2.26. The lowest BCUT2D eigenvalue weighted by Gasteiger charge is -2.23. The van der Waals surface area contributed by atoms with E-state index in [-0.39, 0.29) is 18.6 Å². The molecule has 1 aromatic carbocycles. The minimum absolute atomic E-state index is 0.0871. The molecule has 0 spiro atoms. The number of carbonyl (C=O) groups excluding carboxylic acids is 1. The van der Waals surface area contributed by atoms with Gasteiger partial charge in [-0.25, -0.2) is 9.67 Å². The Morgan fingerprint density at radius 3 is 2.68 bits per heavy atom. The minimum atomic E-state index is -0.267. The molecule has 25 heavy (non-hydrogen) atoms. The van der Waals surface area contributed by atoms with E-state index in [1.54, 1.807) is 22.8 Å². The second kappa shape index (κ2) is 7.03. The second-order valence-corrected chi connectivity index (χ2v) is 6.07. The van der Waals surface area contributed by atoms with Crippen LogP contribution in [0.25, 0.3) is 22.3 Å². The largest absolute Gasteiger partial charge is 0.394 e. The maximum Gasteiger partial charge on any atom is 0.254 e. The molecular formula is C19H22N4O2. The molecule has 0 aliphatic carbocycles. The normalized spacial score (nSPS) is 12.3. The van der Waals surface area contributed by atoms with Gasteiger partial charge in [-0.2, -0.15) is 5.10 Å². The second-order valence-electron chi connectivity index (χ2n) is 6.07. The van der Waals surface area contributed by atoms with Gasteiger partial charge in [-0.05, 0) is 19.9 Å². The monoisotopic (exact) mass is 338 g/mol. The van der Waals surface area contributed by atoms with Gasteiger partial charge in [0.2, 0.25) is 0 Å². The highest BCUT2D eigenvalue weighted by molar-refractivity contribution is 6.06. The molecule has 6 nitrogen and oxygen atoms in total. The number of aromatic nitrogens is 3. The van der Waals surface area contributed by atoms with Gasteiger partial charge < -0.3 is 10.0 Å². The van der Waals surface area contributed by atoms with Crippen molar-refractivity contribution >= 4 is 16.9 Å². The first-order valence-corrected chi connectivity index (χ1v) is 8.36. The first kappa shape index (κ1) is 17.1. The summed E-state index contributed by atoms with van der Waals surface area (Å²) in [5.74, 6) is -0.151. The van der Waals surface area contributed by atoms with Crippen molar-refractivity contribution in [2.45, 2.75) is 26.4 Å². The van der Waals surface area contributed by atoms with Gasteiger partial charge in [0.25, 0.3) is 5.91 Å². The summed E-state index contributed by atoms with van der Waals surface area (Å²) in [6.07, 6.45) is 1.69. The van der Waals surface area contributed by atoms with E-state index in [1.807, 2.05) is 50.2 Å². The number of fused-ring (bicyclic) bond motifs is 1. The number of likely N-dealkylation sites (N-methyl/N-ethyl adjacent to an activating group) is 1. The summed E-state index contributed by atoms with van der Waals surface area (Å²) in [4.78, 5) is 19.3. The topological polar surface area (TPSA) is 71.2 Å². The third kappa shape index (κ3) is 3.13. The summed E-state index contributed by atoms with van der Waals surface area (Å²) < 4.78 is 1.79. The Balaban J connectivity index is 2.19. The van der Waals surface area contributed by atoms with Crippen molar-refractivity contribution < 1.29 is 9.90 Å². The van der Waals surface area contributed by atoms with E-state index in [2.05, 4.69) is 5.10 Å². The number of pyridine rings is 1. The van der Waals surface area contributed by atoms with Crippen LogP contribution in [0.4, 0.5) is 0 Å². The number of rotatable bonds is 5. The van der Waals surface area contributed by atoms with E-state index in [0.29, 0.717) is 17.8 Å². The third-order valence-electron chi connectivity index (χ3n) is 4.45. The molecule has 0 saturated carbocycles. The van der Waals surface area contributed by atoms with Crippen LogP contribution in [0.5, 0.6) is 0 Å². The Labute approximate surface area is 146 Å². The van der Waals surface area contributed by atoms with Crippen molar-refractivity contribution in [3.63, 3.8) is 0 Å². The molecule has 0 radical (unpaired) electrons. The van der Waals surface area contributed by atoms with Crippen LogP contribution >= 0.6 is 0 Å². The molecule has 130 valence electrons. The van der Waals surface area contributed by atoms with Crippen LogP contribution in [0.15, 0.2) is 42.6 Å². The molecule has 2 heterocycles. The minimum Gasteiger partial charge on any atom is -0.394 e. The molecule has 1 atom stereocenters. The van der Waals surface area contributed by atoms with Crippen LogP contribution in [0.1, 0.15) is 24.2 Å². The highest BCUT2D eigenvalue weighted by Gasteiger charge is 2.22. The van der Waals surface area contributed by atoms with Crippen LogP contribution < -0.4 is 0 Å². The Kier molecular flexibility index (Phi) is 4.81. The standard InChI is InChI=1S/C19H22N4O2/c1-4-23-18-16(11-20-23)15(19(25)22(3)13(2)12-24)10-17(21-18)14-8-6-5-7-9-14/h5-11,13,24H,4,12H2,1-3H3. The Hall–Kier alpha value is -2.73. The van der Waals surface area contributed by atoms with Crippen molar-refractivity contribution in [2.24, 2.45) is 0 Å². The average Bonchev–Trinajstić information content (AvgIpc) is 3.09. The van der Waals surface area contributed by atoms with Crippen LogP contribution in [-0.4, -0.2) is 50.4 Å². The highest BCUT2D eigenvalue weighted by atomic mass is 16.3. The lowest BCUT2D eigenvalue weighted by atomic mass is 10.1. The Morgan fingerprint density at radius 2 is 2.04 bits per heavy atom. The number of hydrogen-bond acceptors (Lipinski definition) is 4.